The summed E-state index contributed by atoms with van der Waals surface area (Å²) in [6.45, 7) is 5.88. The van der Waals surface area contributed by atoms with E-state index in [1.54, 1.807) is 36.4 Å². The summed E-state index contributed by atoms with van der Waals surface area (Å²) in [5.74, 6) is -0.317. The fourth-order valence-corrected chi connectivity index (χ4v) is 4.25. The minimum absolute atomic E-state index is 0.129. The van der Waals surface area contributed by atoms with Gasteiger partial charge in [0.05, 0.1) is 5.56 Å². The van der Waals surface area contributed by atoms with Gasteiger partial charge in [-0.25, -0.2) is 0 Å². The van der Waals surface area contributed by atoms with Crippen LogP contribution in [0.3, 0.4) is 0 Å². The zero-order chi connectivity index (χ0) is 22.9. The Bertz CT molecular complexity index is 1050. The van der Waals surface area contributed by atoms with Crippen molar-refractivity contribution in [2.75, 3.05) is 44.2 Å². The summed E-state index contributed by atoms with van der Waals surface area (Å²) in [5.41, 5.74) is 2.76. The molecule has 1 amide bonds. The number of carbonyl (C=O) groups excluding carboxylic acids is 2. The lowest BCUT2D eigenvalue weighted by atomic mass is 9.98. The van der Waals surface area contributed by atoms with Crippen LogP contribution in [0.4, 0.5) is 5.69 Å². The first-order valence-corrected chi connectivity index (χ1v) is 11.7. The molecule has 0 saturated carbocycles. The molecule has 0 atom stereocenters. The van der Waals surface area contributed by atoms with Crippen LogP contribution in [0, 0.1) is 0 Å². The standard InChI is InChI=1S/C28H31N3O2/c32-27(23-11-3-1-4-12-23)25-15-7-8-16-26(25)28(33)29-17-9-10-18-30-19-21-31(22-20-30)24-13-5-2-6-14-24/h1-8,11-16H,9-10,17-22H2,(H,29,33). The number of para-hydroxylation sites is 1. The van der Waals surface area contributed by atoms with E-state index in [1.807, 2.05) is 18.2 Å². The first-order chi connectivity index (χ1) is 16.2. The molecule has 1 saturated heterocycles. The molecule has 0 spiro atoms. The SMILES string of the molecule is O=C(NCCCCN1CCN(c2ccccc2)CC1)c1ccccc1C(=O)c1ccccc1. The molecule has 3 aromatic carbocycles. The van der Waals surface area contributed by atoms with Crippen LogP contribution in [0.15, 0.2) is 84.9 Å². The molecule has 3 aromatic rings. The van der Waals surface area contributed by atoms with Crippen LogP contribution in [0.25, 0.3) is 0 Å². The van der Waals surface area contributed by atoms with E-state index in [4.69, 9.17) is 0 Å². The van der Waals surface area contributed by atoms with Gasteiger partial charge in [-0.15, -0.1) is 0 Å². The fourth-order valence-electron chi connectivity index (χ4n) is 4.25. The topological polar surface area (TPSA) is 52.7 Å². The summed E-state index contributed by atoms with van der Waals surface area (Å²) in [5, 5.41) is 2.99. The lowest BCUT2D eigenvalue weighted by Crippen LogP contribution is -2.46. The van der Waals surface area contributed by atoms with Gasteiger partial charge in [-0.3, -0.25) is 14.5 Å². The fraction of sp³-hybridized carbons (Fsp3) is 0.286. The third-order valence-electron chi connectivity index (χ3n) is 6.13. The van der Waals surface area contributed by atoms with Gasteiger partial charge in [0.1, 0.15) is 0 Å². The number of anilines is 1. The van der Waals surface area contributed by atoms with Crippen LogP contribution in [-0.2, 0) is 0 Å². The van der Waals surface area contributed by atoms with Crippen molar-refractivity contribution >= 4 is 17.4 Å². The zero-order valence-electron chi connectivity index (χ0n) is 19.0. The maximum atomic E-state index is 12.8. The summed E-state index contributed by atoms with van der Waals surface area (Å²) in [7, 11) is 0. The van der Waals surface area contributed by atoms with E-state index in [2.05, 4.69) is 45.4 Å². The minimum atomic E-state index is -0.189. The third-order valence-corrected chi connectivity index (χ3v) is 6.13. The quantitative estimate of drug-likeness (QED) is 0.398. The Hall–Kier alpha value is -3.44. The predicted molar refractivity (Wildman–Crippen MR) is 133 cm³/mol. The van der Waals surface area contributed by atoms with E-state index in [-0.39, 0.29) is 11.7 Å². The average Bonchev–Trinajstić information content (AvgIpc) is 2.89. The molecule has 4 rings (SSSR count). The summed E-state index contributed by atoms with van der Waals surface area (Å²) >= 11 is 0. The highest BCUT2D eigenvalue weighted by Gasteiger charge is 2.18. The Morgan fingerprint density at radius 3 is 2.00 bits per heavy atom. The normalized spacial score (nSPS) is 14.1. The van der Waals surface area contributed by atoms with Gasteiger partial charge in [-0.1, -0.05) is 66.7 Å². The number of benzene rings is 3. The van der Waals surface area contributed by atoms with Crippen LogP contribution >= 0.6 is 0 Å². The number of piperazine rings is 1. The maximum absolute atomic E-state index is 12.8. The largest absolute Gasteiger partial charge is 0.369 e. The number of hydrogen-bond acceptors (Lipinski definition) is 4. The smallest absolute Gasteiger partial charge is 0.252 e. The van der Waals surface area contributed by atoms with E-state index in [0.717, 1.165) is 45.6 Å². The molecule has 33 heavy (non-hydrogen) atoms. The molecule has 1 aliphatic rings. The molecule has 1 fully saturated rings. The summed E-state index contributed by atoms with van der Waals surface area (Å²) in [4.78, 5) is 30.5. The van der Waals surface area contributed by atoms with Crippen molar-refractivity contribution in [2.24, 2.45) is 0 Å². The molecule has 1 N–H and O–H groups in total. The number of rotatable bonds is 9. The number of carbonyl (C=O) groups is 2. The zero-order valence-corrected chi connectivity index (χ0v) is 19.0. The monoisotopic (exact) mass is 441 g/mol. The maximum Gasteiger partial charge on any atom is 0.252 e. The van der Waals surface area contributed by atoms with Crippen LogP contribution in [-0.4, -0.2) is 55.9 Å². The van der Waals surface area contributed by atoms with Crippen LogP contribution < -0.4 is 10.2 Å². The van der Waals surface area contributed by atoms with E-state index in [0.29, 0.717) is 23.2 Å². The summed E-state index contributed by atoms with van der Waals surface area (Å²) in [6.07, 6.45) is 1.95. The number of amides is 1. The molecule has 1 aliphatic heterocycles. The van der Waals surface area contributed by atoms with Gasteiger partial charge in [-0.2, -0.15) is 0 Å². The van der Waals surface area contributed by atoms with Crippen LogP contribution in [0.1, 0.15) is 39.1 Å². The van der Waals surface area contributed by atoms with Crippen molar-refractivity contribution in [3.8, 4) is 0 Å². The Kier molecular flexibility index (Phi) is 7.88. The number of hydrogen-bond donors (Lipinski definition) is 1. The highest BCUT2D eigenvalue weighted by atomic mass is 16.2. The second-order valence-electron chi connectivity index (χ2n) is 8.37. The molecule has 0 aromatic heterocycles. The molecule has 0 aliphatic carbocycles. The third kappa shape index (κ3) is 6.08. The number of ketones is 1. The Morgan fingerprint density at radius 1 is 0.697 bits per heavy atom. The molecule has 0 unspecified atom stereocenters. The number of unbranched alkanes of at least 4 members (excludes halogenated alkanes) is 1. The lowest BCUT2D eigenvalue weighted by Gasteiger charge is -2.36. The number of nitrogens with zero attached hydrogens (tertiary/aromatic N) is 2. The lowest BCUT2D eigenvalue weighted by molar-refractivity contribution is 0.0941. The van der Waals surface area contributed by atoms with Crippen LogP contribution in [0.5, 0.6) is 0 Å². The molecule has 0 bridgehead atoms. The van der Waals surface area contributed by atoms with Gasteiger partial charge in [0, 0.05) is 49.5 Å². The Balaban J connectivity index is 1.20. The molecular weight excluding hydrogens is 410 g/mol. The van der Waals surface area contributed by atoms with E-state index in [1.165, 1.54) is 5.69 Å². The molecule has 0 radical (unpaired) electrons. The second-order valence-corrected chi connectivity index (χ2v) is 8.37. The van der Waals surface area contributed by atoms with Gasteiger partial charge in [0.15, 0.2) is 5.78 Å². The minimum Gasteiger partial charge on any atom is -0.369 e. The van der Waals surface area contributed by atoms with E-state index in [9.17, 15) is 9.59 Å². The Morgan fingerprint density at radius 2 is 1.30 bits per heavy atom. The Labute approximate surface area is 196 Å². The van der Waals surface area contributed by atoms with Gasteiger partial charge in [-0.05, 0) is 37.6 Å². The van der Waals surface area contributed by atoms with Crippen molar-refractivity contribution < 1.29 is 9.59 Å². The molecule has 5 nitrogen and oxygen atoms in total. The summed E-state index contributed by atoms with van der Waals surface area (Å²) in [6, 6.07) is 26.7. The number of nitrogens with one attached hydrogen (secondary N) is 1. The first kappa shape index (κ1) is 22.7. The van der Waals surface area contributed by atoms with Crippen LogP contribution in [0.2, 0.25) is 0 Å². The highest BCUT2D eigenvalue weighted by Crippen LogP contribution is 2.16. The average molecular weight is 442 g/mol. The van der Waals surface area contributed by atoms with Gasteiger partial charge in [0.25, 0.3) is 5.91 Å². The van der Waals surface area contributed by atoms with Crippen molar-refractivity contribution in [3.05, 3.63) is 102 Å². The van der Waals surface area contributed by atoms with Crippen molar-refractivity contribution in [3.63, 3.8) is 0 Å². The highest BCUT2D eigenvalue weighted by molar-refractivity contribution is 6.15. The van der Waals surface area contributed by atoms with Crippen molar-refractivity contribution in [1.82, 2.24) is 10.2 Å². The molecular formula is C28H31N3O2. The first-order valence-electron chi connectivity index (χ1n) is 11.7. The van der Waals surface area contributed by atoms with Gasteiger partial charge < -0.3 is 10.2 Å². The molecule has 170 valence electrons. The second kappa shape index (κ2) is 11.4. The van der Waals surface area contributed by atoms with E-state index >= 15 is 0 Å². The van der Waals surface area contributed by atoms with Crippen molar-refractivity contribution in [2.45, 2.75) is 12.8 Å². The molecule has 5 heteroatoms. The van der Waals surface area contributed by atoms with Gasteiger partial charge in [0.2, 0.25) is 0 Å². The summed E-state index contributed by atoms with van der Waals surface area (Å²) < 4.78 is 0. The molecule has 1 heterocycles. The van der Waals surface area contributed by atoms with Crippen molar-refractivity contribution in [1.29, 1.82) is 0 Å². The van der Waals surface area contributed by atoms with Gasteiger partial charge >= 0.3 is 0 Å². The van der Waals surface area contributed by atoms with E-state index < -0.39 is 0 Å². The predicted octanol–water partition coefficient (Wildman–Crippen LogP) is 4.25.